The number of fused-ring (bicyclic) bond motifs is 1. The van der Waals surface area contributed by atoms with Crippen LogP contribution in [0.1, 0.15) is 32.3 Å². The third-order valence-corrected chi connectivity index (χ3v) is 10.7. The summed E-state index contributed by atoms with van der Waals surface area (Å²) >= 11 is 23.4. The van der Waals surface area contributed by atoms with Crippen molar-refractivity contribution in [3.8, 4) is 17.2 Å². The Bertz CT molecular complexity index is 1050. The Morgan fingerprint density at radius 2 is 1.26 bits per heavy atom. The molecule has 0 saturated carbocycles. The Labute approximate surface area is 268 Å². The lowest BCUT2D eigenvalue weighted by Crippen LogP contribution is -2.50. The quantitative estimate of drug-likeness (QED) is 0.129. The molecule has 1 aromatic carbocycles. The lowest BCUT2D eigenvalue weighted by molar-refractivity contribution is -0.272. The van der Waals surface area contributed by atoms with E-state index in [1.807, 2.05) is 13.8 Å². The lowest BCUT2D eigenvalue weighted by Gasteiger charge is -2.46. The van der Waals surface area contributed by atoms with E-state index < -0.39 is 26.7 Å². The molecular weight excluding hydrogens is 676 g/mol. The monoisotopic (exact) mass is 716 g/mol. The number of nitrogens with zero attached hydrogens (tertiary/aromatic N) is 2. The third-order valence-electron chi connectivity index (χ3n) is 6.54. The molecule has 0 radical (unpaired) electrons. The number of benzene rings is 1. The maximum Gasteiger partial charge on any atom is 0.340 e. The van der Waals surface area contributed by atoms with Crippen molar-refractivity contribution in [1.82, 2.24) is 9.34 Å². The first kappa shape index (κ1) is 38.1. The van der Waals surface area contributed by atoms with Gasteiger partial charge in [-0.3, -0.25) is 9.13 Å². The highest BCUT2D eigenvalue weighted by atomic mass is 35.5. The van der Waals surface area contributed by atoms with Gasteiger partial charge in [0.2, 0.25) is 5.79 Å². The zero-order chi connectivity index (χ0) is 31.6. The summed E-state index contributed by atoms with van der Waals surface area (Å²) in [7, 11) is -4.45. The zero-order valence-corrected chi connectivity index (χ0v) is 29.2. The normalized spacial score (nSPS) is 21.0. The van der Waals surface area contributed by atoms with E-state index in [0.29, 0.717) is 22.8 Å². The number of hydrogen-bond acceptors (Lipinski definition) is 8. The minimum atomic E-state index is -3.75. The van der Waals surface area contributed by atoms with Crippen molar-refractivity contribution in [3.63, 3.8) is 0 Å². The second kappa shape index (κ2) is 17.0. The molecule has 2 atom stereocenters. The fourth-order valence-electron chi connectivity index (χ4n) is 4.45. The molecule has 1 heterocycles. The maximum absolute atomic E-state index is 13.2. The summed E-state index contributed by atoms with van der Waals surface area (Å²) in [5.74, 6) is 0.700. The Morgan fingerprint density at radius 3 is 1.64 bits per heavy atom. The fraction of sp³-hybridized carbons (Fsp3) is 0.750. The van der Waals surface area contributed by atoms with Crippen LogP contribution in [0.15, 0.2) is 12.1 Å². The second-order valence-corrected chi connectivity index (χ2v) is 15.2. The molecule has 18 heteroatoms. The number of hydrogen-bond donors (Lipinski definition) is 2. The van der Waals surface area contributed by atoms with Gasteiger partial charge in [-0.2, -0.15) is 0 Å². The number of ether oxygens (including phenoxy) is 4. The summed E-state index contributed by atoms with van der Waals surface area (Å²) < 4.78 is 64.7. The van der Waals surface area contributed by atoms with Crippen molar-refractivity contribution in [2.45, 2.75) is 38.1 Å². The van der Waals surface area contributed by atoms with Gasteiger partial charge in [0, 0.05) is 74.2 Å². The molecule has 0 spiro atoms. The summed E-state index contributed by atoms with van der Waals surface area (Å²) in [5, 5.41) is 0. The molecule has 0 aliphatic carbocycles. The van der Waals surface area contributed by atoms with Gasteiger partial charge in [-0.25, -0.2) is 20.3 Å². The van der Waals surface area contributed by atoms with E-state index in [2.05, 4.69) is 0 Å². The molecule has 12 nitrogen and oxygen atoms in total. The Kier molecular flexibility index (Phi) is 15.5. The second-order valence-electron chi connectivity index (χ2n) is 9.79. The van der Waals surface area contributed by atoms with E-state index in [9.17, 15) is 9.13 Å². The van der Waals surface area contributed by atoms with Crippen molar-refractivity contribution in [2.75, 3.05) is 77.1 Å². The van der Waals surface area contributed by atoms with Crippen LogP contribution < -0.4 is 25.2 Å². The highest BCUT2D eigenvalue weighted by Crippen LogP contribution is 2.52. The average Bonchev–Trinajstić information content (AvgIpc) is 2.92. The summed E-state index contributed by atoms with van der Waals surface area (Å²) in [4.78, 5) is 0. The minimum Gasteiger partial charge on any atom is -0.497 e. The molecule has 0 bridgehead atoms. The first-order chi connectivity index (χ1) is 19.7. The topological polar surface area (TPSA) is 148 Å². The van der Waals surface area contributed by atoms with Gasteiger partial charge < -0.3 is 28.0 Å². The summed E-state index contributed by atoms with van der Waals surface area (Å²) in [5.41, 5.74) is 11.9. The van der Waals surface area contributed by atoms with Gasteiger partial charge in [0.05, 0.1) is 33.0 Å². The maximum atomic E-state index is 13.2. The van der Waals surface area contributed by atoms with Gasteiger partial charge in [-0.05, 0) is 19.9 Å². The third kappa shape index (κ3) is 10.2. The highest BCUT2D eigenvalue weighted by molar-refractivity contribution is 7.54. The van der Waals surface area contributed by atoms with Crippen molar-refractivity contribution < 1.29 is 37.1 Å². The van der Waals surface area contributed by atoms with Gasteiger partial charge in [0.15, 0.2) is 11.5 Å². The van der Waals surface area contributed by atoms with Crippen LogP contribution in [0.25, 0.3) is 0 Å². The number of alkyl halides is 4. The molecule has 0 aromatic heterocycles. The molecule has 2 unspecified atom stereocenters. The lowest BCUT2D eigenvalue weighted by atomic mass is 9.92. The zero-order valence-electron chi connectivity index (χ0n) is 24.4. The largest absolute Gasteiger partial charge is 0.497 e. The SMILES string of the molecule is COc1cc(OC)c2c(c1)C(C)(C)OC(CCOP(N)(=O)N(CCCl)CCCl)(CCOP(N)(=O)N(CCCl)CCCl)O2. The number of halogens is 4. The molecule has 2 rings (SSSR count). The van der Waals surface area contributed by atoms with Gasteiger partial charge in [-0.15, -0.1) is 46.4 Å². The van der Waals surface area contributed by atoms with Crippen LogP contribution in [-0.2, 0) is 28.5 Å². The predicted octanol–water partition coefficient (Wildman–Crippen LogP) is 5.55. The standard InChI is InChI=1S/C24H42Cl4N4O8P2/c1-23(2)20-17-19(35-3)18-21(36-4)22(20)39-24(40-23,5-15-37-41(29,33)31(11-7-25)12-8-26)6-16-38-42(30,34)32(13-9-27)14-10-28/h17-18H,5-16H2,1-4H3,(H2,29,33)(H2,30,34). The summed E-state index contributed by atoms with van der Waals surface area (Å²) in [6.45, 7) is 4.34. The molecule has 0 fully saturated rings. The van der Waals surface area contributed by atoms with E-state index in [1.165, 1.54) is 16.5 Å². The Balaban J connectivity index is 2.39. The van der Waals surface area contributed by atoms with E-state index in [1.54, 1.807) is 19.2 Å². The van der Waals surface area contributed by atoms with Crippen LogP contribution in [0.5, 0.6) is 17.2 Å². The first-order valence-corrected chi connectivity index (χ1v) is 18.6. The van der Waals surface area contributed by atoms with Crippen molar-refractivity contribution in [1.29, 1.82) is 0 Å². The van der Waals surface area contributed by atoms with Crippen LogP contribution in [0.3, 0.4) is 0 Å². The Hall–Kier alpha value is -0.0400. The molecule has 1 aromatic rings. The molecule has 42 heavy (non-hydrogen) atoms. The number of methoxy groups -OCH3 is 2. The molecule has 0 amide bonds. The molecular formula is C24H42Cl4N4O8P2. The van der Waals surface area contributed by atoms with Crippen LogP contribution in [0.4, 0.5) is 0 Å². The number of rotatable bonds is 20. The van der Waals surface area contributed by atoms with E-state index in [-0.39, 0.29) is 75.8 Å². The fourth-order valence-corrected chi connectivity index (χ4v) is 8.29. The highest BCUT2D eigenvalue weighted by Gasteiger charge is 2.48. The molecule has 1 aliphatic heterocycles. The van der Waals surface area contributed by atoms with Crippen LogP contribution in [0.2, 0.25) is 0 Å². The smallest absolute Gasteiger partial charge is 0.340 e. The van der Waals surface area contributed by atoms with Crippen molar-refractivity contribution in [3.05, 3.63) is 17.7 Å². The number of nitrogens with two attached hydrogens (primary N) is 2. The molecule has 4 N–H and O–H groups in total. The average molecular weight is 718 g/mol. The van der Waals surface area contributed by atoms with Crippen LogP contribution in [0, 0.1) is 0 Å². The van der Waals surface area contributed by atoms with Gasteiger partial charge in [0.1, 0.15) is 5.75 Å². The van der Waals surface area contributed by atoms with E-state index >= 15 is 0 Å². The van der Waals surface area contributed by atoms with Crippen LogP contribution >= 0.6 is 61.7 Å². The van der Waals surface area contributed by atoms with Gasteiger partial charge in [0.25, 0.3) is 0 Å². The summed E-state index contributed by atoms with van der Waals surface area (Å²) in [6.07, 6.45) is 0.0975. The van der Waals surface area contributed by atoms with E-state index in [0.717, 1.165) is 0 Å². The summed E-state index contributed by atoms with van der Waals surface area (Å²) in [6, 6.07) is 3.48. The van der Waals surface area contributed by atoms with Crippen molar-refractivity contribution >= 4 is 61.7 Å². The molecule has 0 saturated heterocycles. The first-order valence-electron chi connectivity index (χ1n) is 13.2. The van der Waals surface area contributed by atoms with Gasteiger partial charge >= 0.3 is 15.3 Å². The predicted molar refractivity (Wildman–Crippen MR) is 168 cm³/mol. The molecule has 244 valence electrons. The van der Waals surface area contributed by atoms with Gasteiger partial charge in [-0.1, -0.05) is 0 Å². The Morgan fingerprint density at radius 1 is 0.810 bits per heavy atom. The minimum absolute atomic E-state index is 0.0488. The van der Waals surface area contributed by atoms with Crippen molar-refractivity contribution in [2.24, 2.45) is 11.0 Å². The van der Waals surface area contributed by atoms with Crippen LogP contribution in [-0.4, -0.2) is 92.3 Å². The van der Waals surface area contributed by atoms with E-state index in [4.69, 9.17) is 85.4 Å². The molecule has 1 aliphatic rings.